The molecule has 1 amide bonds. The second-order valence-electron chi connectivity index (χ2n) is 5.59. The van der Waals surface area contributed by atoms with E-state index in [1.165, 1.54) is 5.56 Å². The normalized spacial score (nSPS) is 18.5. The third kappa shape index (κ3) is 2.89. The molecule has 4 nitrogen and oxygen atoms in total. The lowest BCUT2D eigenvalue weighted by Gasteiger charge is -2.38. The Labute approximate surface area is 114 Å². The van der Waals surface area contributed by atoms with Crippen LogP contribution in [-0.2, 0) is 11.3 Å². The molecular weight excluding hydrogens is 240 g/mol. The SMILES string of the molecule is COc1ccc(C)cc1CN1CCNC(C)(C)C1=O. The van der Waals surface area contributed by atoms with Crippen LogP contribution in [-0.4, -0.2) is 36.5 Å². The number of hydrogen-bond acceptors (Lipinski definition) is 3. The van der Waals surface area contributed by atoms with Crippen molar-refractivity contribution in [1.29, 1.82) is 0 Å². The van der Waals surface area contributed by atoms with Gasteiger partial charge in [-0.05, 0) is 26.8 Å². The second kappa shape index (κ2) is 5.21. The van der Waals surface area contributed by atoms with Crippen LogP contribution in [0.4, 0.5) is 0 Å². The van der Waals surface area contributed by atoms with Crippen molar-refractivity contribution in [3.05, 3.63) is 29.3 Å². The minimum absolute atomic E-state index is 0.141. The van der Waals surface area contributed by atoms with Gasteiger partial charge in [0.05, 0.1) is 12.6 Å². The molecule has 0 spiro atoms. The molecule has 0 aliphatic carbocycles. The summed E-state index contributed by atoms with van der Waals surface area (Å²) in [6.45, 7) is 8.07. The molecule has 0 atom stereocenters. The molecule has 0 unspecified atom stereocenters. The predicted octanol–water partition coefficient (Wildman–Crippen LogP) is 1.71. The van der Waals surface area contributed by atoms with E-state index in [0.29, 0.717) is 6.54 Å². The number of nitrogens with one attached hydrogen (secondary N) is 1. The smallest absolute Gasteiger partial charge is 0.242 e. The summed E-state index contributed by atoms with van der Waals surface area (Å²) in [6, 6.07) is 6.06. The van der Waals surface area contributed by atoms with Crippen molar-refractivity contribution in [2.24, 2.45) is 0 Å². The molecule has 1 aromatic carbocycles. The first-order chi connectivity index (χ1) is 8.94. The number of aryl methyl sites for hydroxylation is 1. The molecule has 2 rings (SSSR count). The van der Waals surface area contributed by atoms with E-state index in [1.807, 2.05) is 37.8 Å². The summed E-state index contributed by atoms with van der Waals surface area (Å²) in [7, 11) is 1.66. The summed E-state index contributed by atoms with van der Waals surface area (Å²) in [5.41, 5.74) is 1.76. The van der Waals surface area contributed by atoms with Crippen LogP contribution in [0.5, 0.6) is 5.75 Å². The van der Waals surface area contributed by atoms with Crippen LogP contribution >= 0.6 is 0 Å². The number of benzene rings is 1. The lowest BCUT2D eigenvalue weighted by molar-refractivity contribution is -0.140. The molecular formula is C15H22N2O2. The summed E-state index contributed by atoms with van der Waals surface area (Å²) >= 11 is 0. The van der Waals surface area contributed by atoms with Gasteiger partial charge in [-0.1, -0.05) is 17.7 Å². The van der Waals surface area contributed by atoms with Crippen LogP contribution in [0.3, 0.4) is 0 Å². The lowest BCUT2D eigenvalue weighted by Crippen LogP contribution is -2.60. The minimum Gasteiger partial charge on any atom is -0.496 e. The monoisotopic (exact) mass is 262 g/mol. The Kier molecular flexibility index (Phi) is 3.80. The minimum atomic E-state index is -0.477. The maximum absolute atomic E-state index is 12.4. The number of ether oxygens (including phenoxy) is 1. The van der Waals surface area contributed by atoms with E-state index in [9.17, 15) is 4.79 Å². The number of piperazine rings is 1. The molecule has 0 radical (unpaired) electrons. The van der Waals surface area contributed by atoms with Gasteiger partial charge in [-0.3, -0.25) is 4.79 Å². The Bertz CT molecular complexity index is 483. The van der Waals surface area contributed by atoms with Crippen LogP contribution in [0.2, 0.25) is 0 Å². The van der Waals surface area contributed by atoms with Crippen LogP contribution in [0, 0.1) is 6.92 Å². The number of nitrogens with zero attached hydrogens (tertiary/aromatic N) is 1. The van der Waals surface area contributed by atoms with Gasteiger partial charge in [-0.25, -0.2) is 0 Å². The van der Waals surface area contributed by atoms with E-state index in [-0.39, 0.29) is 5.91 Å². The zero-order chi connectivity index (χ0) is 14.0. The van der Waals surface area contributed by atoms with Crippen molar-refractivity contribution in [3.63, 3.8) is 0 Å². The molecule has 1 saturated heterocycles. The quantitative estimate of drug-likeness (QED) is 0.901. The fourth-order valence-corrected chi connectivity index (χ4v) is 2.46. The highest BCUT2D eigenvalue weighted by molar-refractivity contribution is 5.86. The molecule has 19 heavy (non-hydrogen) atoms. The van der Waals surface area contributed by atoms with E-state index in [2.05, 4.69) is 11.4 Å². The zero-order valence-electron chi connectivity index (χ0n) is 12.1. The number of carbonyl (C=O) groups is 1. The topological polar surface area (TPSA) is 41.6 Å². The Balaban J connectivity index is 2.21. The van der Waals surface area contributed by atoms with Gasteiger partial charge >= 0.3 is 0 Å². The molecule has 0 bridgehead atoms. The third-order valence-corrected chi connectivity index (χ3v) is 3.57. The summed E-state index contributed by atoms with van der Waals surface area (Å²) < 4.78 is 5.38. The first-order valence-electron chi connectivity index (χ1n) is 6.62. The Morgan fingerprint density at radius 2 is 2.16 bits per heavy atom. The average molecular weight is 262 g/mol. The Morgan fingerprint density at radius 1 is 1.42 bits per heavy atom. The zero-order valence-corrected chi connectivity index (χ0v) is 12.1. The number of hydrogen-bond donors (Lipinski definition) is 1. The fourth-order valence-electron chi connectivity index (χ4n) is 2.46. The molecule has 0 saturated carbocycles. The molecule has 1 aliphatic heterocycles. The van der Waals surface area contributed by atoms with E-state index >= 15 is 0 Å². The number of rotatable bonds is 3. The largest absolute Gasteiger partial charge is 0.496 e. The van der Waals surface area contributed by atoms with Crippen LogP contribution in [0.25, 0.3) is 0 Å². The Hall–Kier alpha value is -1.55. The number of amides is 1. The van der Waals surface area contributed by atoms with Gasteiger partial charge in [-0.15, -0.1) is 0 Å². The Morgan fingerprint density at radius 3 is 2.84 bits per heavy atom. The summed E-state index contributed by atoms with van der Waals surface area (Å²) in [6.07, 6.45) is 0. The van der Waals surface area contributed by atoms with Crippen LogP contribution in [0.1, 0.15) is 25.0 Å². The van der Waals surface area contributed by atoms with Gasteiger partial charge in [0, 0.05) is 25.2 Å². The van der Waals surface area contributed by atoms with Crippen molar-refractivity contribution in [1.82, 2.24) is 10.2 Å². The van der Waals surface area contributed by atoms with E-state index in [0.717, 1.165) is 24.4 Å². The first-order valence-corrected chi connectivity index (χ1v) is 6.62. The van der Waals surface area contributed by atoms with E-state index < -0.39 is 5.54 Å². The molecule has 104 valence electrons. The molecule has 1 N–H and O–H groups in total. The molecule has 4 heteroatoms. The molecule has 1 heterocycles. The molecule has 1 aromatic rings. The van der Waals surface area contributed by atoms with Gasteiger partial charge in [0.15, 0.2) is 0 Å². The second-order valence-corrected chi connectivity index (χ2v) is 5.59. The highest BCUT2D eigenvalue weighted by Crippen LogP contribution is 2.23. The fraction of sp³-hybridized carbons (Fsp3) is 0.533. The van der Waals surface area contributed by atoms with Crippen molar-refractivity contribution < 1.29 is 9.53 Å². The number of methoxy groups -OCH3 is 1. The first kappa shape index (κ1) is 13.9. The highest BCUT2D eigenvalue weighted by Gasteiger charge is 2.35. The summed E-state index contributed by atoms with van der Waals surface area (Å²) in [5, 5.41) is 3.24. The van der Waals surface area contributed by atoms with Crippen molar-refractivity contribution in [2.45, 2.75) is 32.9 Å². The van der Waals surface area contributed by atoms with E-state index in [4.69, 9.17) is 4.74 Å². The van der Waals surface area contributed by atoms with E-state index in [1.54, 1.807) is 7.11 Å². The third-order valence-electron chi connectivity index (χ3n) is 3.57. The molecule has 1 aliphatic rings. The maximum Gasteiger partial charge on any atom is 0.242 e. The van der Waals surface area contributed by atoms with Crippen molar-refractivity contribution in [2.75, 3.05) is 20.2 Å². The lowest BCUT2D eigenvalue weighted by atomic mass is 10.00. The summed E-state index contributed by atoms with van der Waals surface area (Å²) in [5.74, 6) is 0.983. The van der Waals surface area contributed by atoms with Gasteiger partial charge in [0.2, 0.25) is 5.91 Å². The van der Waals surface area contributed by atoms with Crippen LogP contribution < -0.4 is 10.1 Å². The maximum atomic E-state index is 12.4. The average Bonchev–Trinajstić information content (AvgIpc) is 2.35. The predicted molar refractivity (Wildman–Crippen MR) is 75.2 cm³/mol. The van der Waals surface area contributed by atoms with Crippen molar-refractivity contribution >= 4 is 5.91 Å². The highest BCUT2D eigenvalue weighted by atomic mass is 16.5. The van der Waals surface area contributed by atoms with Crippen molar-refractivity contribution in [3.8, 4) is 5.75 Å². The van der Waals surface area contributed by atoms with Gasteiger partial charge in [-0.2, -0.15) is 0 Å². The number of carbonyl (C=O) groups excluding carboxylic acids is 1. The van der Waals surface area contributed by atoms with Gasteiger partial charge < -0.3 is 15.0 Å². The van der Waals surface area contributed by atoms with Gasteiger partial charge in [0.1, 0.15) is 5.75 Å². The molecule has 1 fully saturated rings. The standard InChI is InChI=1S/C15H22N2O2/c1-11-5-6-13(19-4)12(9-11)10-17-8-7-16-15(2,3)14(17)18/h5-6,9,16H,7-8,10H2,1-4H3. The van der Waals surface area contributed by atoms with Gasteiger partial charge in [0.25, 0.3) is 0 Å². The molecule has 0 aromatic heterocycles. The summed E-state index contributed by atoms with van der Waals surface area (Å²) in [4.78, 5) is 14.3. The van der Waals surface area contributed by atoms with Crippen LogP contribution in [0.15, 0.2) is 18.2 Å².